The van der Waals surface area contributed by atoms with Gasteiger partial charge in [0.15, 0.2) is 0 Å². The molecule has 0 saturated heterocycles. The first-order valence-electron chi connectivity index (χ1n) is 5.54. The lowest BCUT2D eigenvalue weighted by atomic mass is 10.1. The Morgan fingerprint density at radius 1 is 1.28 bits per heavy atom. The molecule has 1 aromatic carbocycles. The molecule has 18 heavy (non-hydrogen) atoms. The zero-order valence-electron chi connectivity index (χ0n) is 11.0. The Morgan fingerprint density at radius 3 is 2.17 bits per heavy atom. The van der Waals surface area contributed by atoms with Crippen molar-refractivity contribution in [1.82, 2.24) is 5.32 Å². The lowest BCUT2D eigenvalue weighted by Crippen LogP contribution is -2.44. The fourth-order valence-electron chi connectivity index (χ4n) is 1.48. The Hall–Kier alpha value is -1.23. The summed E-state index contributed by atoms with van der Waals surface area (Å²) in [5.74, 6) is 0.781. The molecule has 100 valence electrons. The number of carbonyl (C=O) groups excluding carboxylic acids is 1. The first-order chi connectivity index (χ1) is 8.45. The summed E-state index contributed by atoms with van der Waals surface area (Å²) in [6.07, 6.45) is 0. The smallest absolute Gasteiger partial charge is 0.259 e. The number of hydrogen-bond donors (Lipinski definition) is 1. The van der Waals surface area contributed by atoms with Gasteiger partial charge in [0.05, 0.1) is 14.2 Å². The van der Waals surface area contributed by atoms with Crippen molar-refractivity contribution in [2.45, 2.75) is 19.4 Å². The Balaban J connectivity index is 3.11. The minimum Gasteiger partial charge on any atom is -0.496 e. The zero-order valence-corrected chi connectivity index (χ0v) is 12.6. The molecule has 0 heterocycles. The van der Waals surface area contributed by atoms with Crippen LogP contribution in [-0.4, -0.2) is 31.0 Å². The van der Waals surface area contributed by atoms with Gasteiger partial charge in [-0.1, -0.05) is 22.0 Å². The molecule has 0 aliphatic carbocycles. The molecule has 0 bridgehead atoms. The van der Waals surface area contributed by atoms with Gasteiger partial charge in [-0.05, 0) is 26.0 Å². The maximum atomic E-state index is 12.3. The van der Waals surface area contributed by atoms with E-state index in [-0.39, 0.29) is 11.4 Å². The predicted octanol–water partition coefficient (Wildman–Crippen LogP) is 2.61. The molecule has 0 atom stereocenters. The molecule has 0 saturated carbocycles. The summed E-state index contributed by atoms with van der Waals surface area (Å²) in [7, 11) is 3.06. The van der Waals surface area contributed by atoms with Crippen molar-refractivity contribution in [3.63, 3.8) is 0 Å². The second-order valence-electron chi connectivity index (χ2n) is 4.51. The predicted molar refractivity (Wildman–Crippen MR) is 74.9 cm³/mol. The SMILES string of the molecule is COc1cccc(OC)c1C(=O)NC(C)(C)CBr. The molecular weight excluding hydrogens is 298 g/mol. The van der Waals surface area contributed by atoms with E-state index < -0.39 is 0 Å². The van der Waals surface area contributed by atoms with Gasteiger partial charge < -0.3 is 14.8 Å². The molecule has 0 spiro atoms. The van der Waals surface area contributed by atoms with E-state index in [1.807, 2.05) is 13.8 Å². The molecular formula is C13H18BrNO3. The van der Waals surface area contributed by atoms with Gasteiger partial charge in [-0.15, -0.1) is 0 Å². The largest absolute Gasteiger partial charge is 0.496 e. The molecule has 1 amide bonds. The van der Waals surface area contributed by atoms with Crippen LogP contribution in [0.15, 0.2) is 18.2 Å². The van der Waals surface area contributed by atoms with Crippen LogP contribution >= 0.6 is 15.9 Å². The third kappa shape index (κ3) is 3.38. The highest BCUT2D eigenvalue weighted by Crippen LogP contribution is 2.28. The third-order valence-electron chi connectivity index (χ3n) is 2.44. The molecule has 0 aliphatic heterocycles. The van der Waals surface area contributed by atoms with Gasteiger partial charge in [-0.3, -0.25) is 4.79 Å². The summed E-state index contributed by atoms with van der Waals surface area (Å²) in [6, 6.07) is 5.25. The highest BCUT2D eigenvalue weighted by molar-refractivity contribution is 9.09. The number of benzene rings is 1. The molecule has 1 aromatic rings. The molecule has 0 aliphatic rings. The monoisotopic (exact) mass is 315 g/mol. The summed E-state index contributed by atoms with van der Waals surface area (Å²) >= 11 is 3.37. The van der Waals surface area contributed by atoms with Crippen molar-refractivity contribution in [2.75, 3.05) is 19.5 Å². The summed E-state index contributed by atoms with van der Waals surface area (Å²) in [6.45, 7) is 3.86. The summed E-state index contributed by atoms with van der Waals surface area (Å²) in [5, 5.41) is 3.58. The Morgan fingerprint density at radius 2 is 1.78 bits per heavy atom. The molecule has 0 unspecified atom stereocenters. The summed E-state index contributed by atoms with van der Waals surface area (Å²) in [5.41, 5.74) is 0.0692. The first kappa shape index (κ1) is 14.8. The zero-order chi connectivity index (χ0) is 13.8. The molecule has 0 aromatic heterocycles. The van der Waals surface area contributed by atoms with Crippen molar-refractivity contribution in [3.05, 3.63) is 23.8 Å². The average molecular weight is 316 g/mol. The van der Waals surface area contributed by atoms with Crippen LogP contribution in [0.5, 0.6) is 11.5 Å². The van der Waals surface area contributed by atoms with Crippen LogP contribution in [0.2, 0.25) is 0 Å². The van der Waals surface area contributed by atoms with Crippen molar-refractivity contribution < 1.29 is 14.3 Å². The second-order valence-corrected chi connectivity index (χ2v) is 5.07. The Labute approximate surface area is 116 Å². The van der Waals surface area contributed by atoms with E-state index in [1.165, 1.54) is 14.2 Å². The van der Waals surface area contributed by atoms with E-state index in [1.54, 1.807) is 18.2 Å². The fourth-order valence-corrected chi connectivity index (χ4v) is 1.62. The normalized spacial score (nSPS) is 10.9. The standard InChI is InChI=1S/C13H18BrNO3/c1-13(2,8-14)15-12(16)11-9(17-3)6-5-7-10(11)18-4/h5-7H,8H2,1-4H3,(H,15,16). The molecule has 1 rings (SSSR count). The quantitative estimate of drug-likeness (QED) is 0.850. The number of halogens is 1. The van der Waals surface area contributed by atoms with Crippen LogP contribution in [0, 0.1) is 0 Å². The van der Waals surface area contributed by atoms with Crippen LogP contribution in [0.1, 0.15) is 24.2 Å². The lowest BCUT2D eigenvalue weighted by molar-refractivity contribution is 0.0915. The van der Waals surface area contributed by atoms with E-state index in [2.05, 4.69) is 21.2 Å². The van der Waals surface area contributed by atoms with Crippen LogP contribution in [0.3, 0.4) is 0 Å². The number of rotatable bonds is 5. The summed E-state index contributed by atoms with van der Waals surface area (Å²) in [4.78, 5) is 12.3. The fraction of sp³-hybridized carbons (Fsp3) is 0.462. The Bertz CT molecular complexity index is 410. The van der Waals surface area contributed by atoms with Gasteiger partial charge in [0, 0.05) is 10.9 Å². The van der Waals surface area contributed by atoms with Crippen LogP contribution in [0.25, 0.3) is 0 Å². The molecule has 0 fully saturated rings. The molecule has 5 heteroatoms. The van der Waals surface area contributed by atoms with Crippen LogP contribution < -0.4 is 14.8 Å². The van der Waals surface area contributed by atoms with E-state index in [0.717, 1.165) is 0 Å². The molecule has 1 N–H and O–H groups in total. The highest BCUT2D eigenvalue weighted by atomic mass is 79.9. The van der Waals surface area contributed by atoms with Gasteiger partial charge in [0.2, 0.25) is 0 Å². The van der Waals surface area contributed by atoms with Crippen molar-refractivity contribution in [1.29, 1.82) is 0 Å². The van der Waals surface area contributed by atoms with Gasteiger partial charge in [0.1, 0.15) is 17.1 Å². The second kappa shape index (κ2) is 6.09. The highest BCUT2D eigenvalue weighted by Gasteiger charge is 2.24. The lowest BCUT2D eigenvalue weighted by Gasteiger charge is -2.24. The van der Waals surface area contributed by atoms with E-state index >= 15 is 0 Å². The van der Waals surface area contributed by atoms with Gasteiger partial charge in [0.25, 0.3) is 5.91 Å². The van der Waals surface area contributed by atoms with Crippen LogP contribution in [0.4, 0.5) is 0 Å². The maximum absolute atomic E-state index is 12.3. The number of hydrogen-bond acceptors (Lipinski definition) is 3. The number of carbonyl (C=O) groups is 1. The van der Waals surface area contributed by atoms with E-state index in [9.17, 15) is 4.79 Å². The van der Waals surface area contributed by atoms with Crippen LogP contribution in [-0.2, 0) is 0 Å². The number of amides is 1. The topological polar surface area (TPSA) is 47.6 Å². The van der Waals surface area contributed by atoms with Crippen molar-refractivity contribution in [3.8, 4) is 11.5 Å². The Kier molecular flexibility index (Phi) is 5.02. The van der Waals surface area contributed by atoms with Gasteiger partial charge in [-0.25, -0.2) is 0 Å². The van der Waals surface area contributed by atoms with E-state index in [4.69, 9.17) is 9.47 Å². The summed E-state index contributed by atoms with van der Waals surface area (Å²) < 4.78 is 10.4. The minimum atomic E-state index is -0.344. The molecule has 4 nitrogen and oxygen atoms in total. The first-order valence-corrected chi connectivity index (χ1v) is 6.67. The van der Waals surface area contributed by atoms with Crippen molar-refractivity contribution in [2.24, 2.45) is 0 Å². The average Bonchev–Trinajstić information content (AvgIpc) is 2.37. The molecule has 0 radical (unpaired) electrons. The third-order valence-corrected chi connectivity index (χ3v) is 3.84. The number of alkyl halides is 1. The minimum absolute atomic E-state index is 0.214. The number of methoxy groups -OCH3 is 2. The van der Waals surface area contributed by atoms with E-state index in [0.29, 0.717) is 22.4 Å². The van der Waals surface area contributed by atoms with Crippen molar-refractivity contribution >= 4 is 21.8 Å². The van der Waals surface area contributed by atoms with Gasteiger partial charge in [-0.2, -0.15) is 0 Å². The maximum Gasteiger partial charge on any atom is 0.259 e. The van der Waals surface area contributed by atoms with Gasteiger partial charge >= 0.3 is 0 Å². The number of nitrogens with one attached hydrogen (secondary N) is 1. The number of ether oxygens (including phenoxy) is 2.